The third-order valence-electron chi connectivity index (χ3n) is 7.21. The predicted molar refractivity (Wildman–Crippen MR) is 161 cm³/mol. The van der Waals surface area contributed by atoms with Crippen molar-refractivity contribution in [3.05, 3.63) is 126 Å². The average molecular weight is 564 g/mol. The van der Waals surface area contributed by atoms with Crippen LogP contribution in [0.3, 0.4) is 0 Å². The standard InChI is InChI=1S/C32H29N5O3S/c1-22-8-10-24(11-9-22)32-29(21-36(35-32)25-6-4-3-5-7-25)31-20-30(23-12-16-27(40-2)17-13-23)34-37(31)26-14-18-28(19-15-26)41(33,38)39/h3-19,21,31H,20H2,1-2H3,(H2,33,38,39). The highest BCUT2D eigenvalue weighted by Crippen LogP contribution is 2.41. The van der Waals surface area contributed by atoms with Crippen molar-refractivity contribution in [2.24, 2.45) is 10.2 Å². The first-order chi connectivity index (χ1) is 19.8. The number of aromatic nitrogens is 2. The van der Waals surface area contributed by atoms with Gasteiger partial charge >= 0.3 is 0 Å². The molecule has 0 saturated carbocycles. The van der Waals surface area contributed by atoms with Gasteiger partial charge in [-0.25, -0.2) is 18.2 Å². The van der Waals surface area contributed by atoms with Gasteiger partial charge in [0.2, 0.25) is 10.0 Å². The maximum absolute atomic E-state index is 11.9. The molecule has 41 heavy (non-hydrogen) atoms. The topological polar surface area (TPSA) is 103 Å². The molecular weight excluding hydrogens is 534 g/mol. The third kappa shape index (κ3) is 5.37. The van der Waals surface area contributed by atoms with Crippen LogP contribution in [-0.4, -0.2) is 31.0 Å². The fraction of sp³-hybridized carbons (Fsp3) is 0.125. The van der Waals surface area contributed by atoms with Crippen LogP contribution in [0.1, 0.15) is 29.2 Å². The van der Waals surface area contributed by atoms with Crippen molar-refractivity contribution >= 4 is 21.4 Å². The molecule has 0 fully saturated rings. The Balaban J connectivity index is 1.49. The molecule has 6 rings (SSSR count). The number of anilines is 1. The van der Waals surface area contributed by atoms with Crippen LogP contribution in [0.5, 0.6) is 5.75 Å². The number of aryl methyl sites for hydroxylation is 1. The number of hydrazone groups is 1. The Morgan fingerprint density at radius 1 is 0.829 bits per heavy atom. The second-order valence-electron chi connectivity index (χ2n) is 9.96. The van der Waals surface area contributed by atoms with Crippen molar-refractivity contribution in [2.75, 3.05) is 12.1 Å². The van der Waals surface area contributed by atoms with Crippen LogP contribution in [0.25, 0.3) is 16.9 Å². The number of sulfonamides is 1. The van der Waals surface area contributed by atoms with Gasteiger partial charge in [-0.05, 0) is 73.2 Å². The van der Waals surface area contributed by atoms with E-state index < -0.39 is 10.0 Å². The summed E-state index contributed by atoms with van der Waals surface area (Å²) in [5.74, 6) is 0.769. The van der Waals surface area contributed by atoms with E-state index in [1.807, 2.05) is 64.3 Å². The zero-order valence-electron chi connectivity index (χ0n) is 22.7. The van der Waals surface area contributed by atoms with E-state index in [0.717, 1.165) is 45.2 Å². The summed E-state index contributed by atoms with van der Waals surface area (Å²) in [5, 5.41) is 17.4. The first kappa shape index (κ1) is 26.5. The highest BCUT2D eigenvalue weighted by atomic mass is 32.2. The SMILES string of the molecule is COc1ccc(C2=NN(c3ccc(S(N)(=O)=O)cc3)C(c3cn(-c4ccccc4)nc3-c3ccc(C)cc3)C2)cc1. The molecule has 9 heteroatoms. The molecular formula is C32H29N5O3S. The van der Waals surface area contributed by atoms with Gasteiger partial charge in [0.15, 0.2) is 0 Å². The summed E-state index contributed by atoms with van der Waals surface area (Å²) < 4.78 is 31.1. The van der Waals surface area contributed by atoms with Crippen LogP contribution in [0.15, 0.2) is 119 Å². The Labute approximate surface area is 239 Å². The van der Waals surface area contributed by atoms with E-state index in [-0.39, 0.29) is 10.9 Å². The van der Waals surface area contributed by atoms with Crippen molar-refractivity contribution in [3.8, 4) is 22.7 Å². The van der Waals surface area contributed by atoms with Crippen LogP contribution in [0.2, 0.25) is 0 Å². The summed E-state index contributed by atoms with van der Waals surface area (Å²) in [6, 6.07) is 32.4. The normalized spacial score (nSPS) is 15.1. The van der Waals surface area contributed by atoms with Crippen LogP contribution < -0.4 is 14.9 Å². The van der Waals surface area contributed by atoms with Gasteiger partial charge in [-0.1, -0.05) is 48.0 Å². The molecule has 1 aliphatic heterocycles. The van der Waals surface area contributed by atoms with E-state index in [9.17, 15) is 8.42 Å². The van der Waals surface area contributed by atoms with Gasteiger partial charge in [0.25, 0.3) is 0 Å². The number of hydrogen-bond donors (Lipinski definition) is 1. The minimum Gasteiger partial charge on any atom is -0.497 e. The summed E-state index contributed by atoms with van der Waals surface area (Å²) in [4.78, 5) is 0.0496. The second kappa shape index (κ2) is 10.7. The number of ether oxygens (including phenoxy) is 1. The quantitative estimate of drug-likeness (QED) is 0.267. The molecule has 8 nitrogen and oxygen atoms in total. The van der Waals surface area contributed by atoms with E-state index in [4.69, 9.17) is 20.1 Å². The molecule has 0 bridgehead atoms. The molecule has 1 aliphatic rings. The van der Waals surface area contributed by atoms with Gasteiger partial charge in [0, 0.05) is 23.7 Å². The Hall–Kier alpha value is -4.73. The third-order valence-corrected chi connectivity index (χ3v) is 8.14. The molecule has 0 radical (unpaired) electrons. The number of primary sulfonamides is 1. The van der Waals surface area contributed by atoms with E-state index in [1.165, 1.54) is 17.7 Å². The smallest absolute Gasteiger partial charge is 0.238 e. The molecule has 4 aromatic carbocycles. The summed E-state index contributed by atoms with van der Waals surface area (Å²) in [6.07, 6.45) is 2.68. The summed E-state index contributed by atoms with van der Waals surface area (Å²) in [7, 11) is -2.18. The Bertz CT molecular complexity index is 1810. The lowest BCUT2D eigenvalue weighted by Crippen LogP contribution is -2.19. The van der Waals surface area contributed by atoms with Crippen molar-refractivity contribution in [1.82, 2.24) is 9.78 Å². The zero-order valence-corrected chi connectivity index (χ0v) is 23.5. The number of para-hydroxylation sites is 1. The number of methoxy groups -OCH3 is 1. The zero-order chi connectivity index (χ0) is 28.6. The number of nitrogens with two attached hydrogens (primary N) is 1. The van der Waals surface area contributed by atoms with Crippen molar-refractivity contribution in [3.63, 3.8) is 0 Å². The first-order valence-electron chi connectivity index (χ1n) is 13.2. The Morgan fingerprint density at radius 3 is 2.12 bits per heavy atom. The largest absolute Gasteiger partial charge is 0.497 e. The molecule has 0 aliphatic carbocycles. The van der Waals surface area contributed by atoms with Crippen molar-refractivity contribution in [1.29, 1.82) is 0 Å². The molecule has 2 heterocycles. The van der Waals surface area contributed by atoms with Crippen molar-refractivity contribution < 1.29 is 13.2 Å². The molecule has 1 unspecified atom stereocenters. The maximum Gasteiger partial charge on any atom is 0.238 e. The van der Waals surface area contributed by atoms with Gasteiger partial charge in [0.05, 0.1) is 40.8 Å². The highest BCUT2D eigenvalue weighted by molar-refractivity contribution is 7.89. The first-order valence-corrected chi connectivity index (χ1v) is 14.7. The molecule has 0 spiro atoms. The lowest BCUT2D eigenvalue weighted by Gasteiger charge is -2.24. The van der Waals surface area contributed by atoms with E-state index in [1.54, 1.807) is 19.2 Å². The second-order valence-corrected chi connectivity index (χ2v) is 11.5. The summed E-state index contributed by atoms with van der Waals surface area (Å²) in [6.45, 7) is 2.06. The van der Waals surface area contributed by atoms with E-state index >= 15 is 0 Å². The van der Waals surface area contributed by atoms with Crippen LogP contribution >= 0.6 is 0 Å². The lowest BCUT2D eigenvalue weighted by atomic mass is 9.96. The van der Waals surface area contributed by atoms with Gasteiger partial charge in [-0.15, -0.1) is 0 Å². The van der Waals surface area contributed by atoms with Crippen LogP contribution in [0, 0.1) is 6.92 Å². The van der Waals surface area contributed by atoms with Gasteiger partial charge in [-0.3, -0.25) is 5.01 Å². The minimum atomic E-state index is -3.82. The molecule has 5 aromatic rings. The number of hydrogen-bond acceptors (Lipinski definition) is 6. The number of nitrogens with zero attached hydrogens (tertiary/aromatic N) is 4. The van der Waals surface area contributed by atoms with Crippen molar-refractivity contribution in [2.45, 2.75) is 24.3 Å². The molecule has 0 amide bonds. The molecule has 206 valence electrons. The molecule has 2 N–H and O–H groups in total. The predicted octanol–water partition coefficient (Wildman–Crippen LogP) is 5.86. The Morgan fingerprint density at radius 2 is 1.49 bits per heavy atom. The number of benzene rings is 4. The minimum absolute atomic E-state index is 0.0496. The summed E-state index contributed by atoms with van der Waals surface area (Å²) >= 11 is 0. The molecule has 0 saturated heterocycles. The van der Waals surface area contributed by atoms with E-state index in [2.05, 4.69) is 37.4 Å². The fourth-order valence-corrected chi connectivity index (χ4v) is 5.53. The molecule has 1 atom stereocenters. The number of rotatable bonds is 7. The lowest BCUT2D eigenvalue weighted by molar-refractivity contribution is 0.415. The van der Waals surface area contributed by atoms with Crippen LogP contribution in [0.4, 0.5) is 5.69 Å². The van der Waals surface area contributed by atoms with E-state index in [0.29, 0.717) is 6.42 Å². The van der Waals surface area contributed by atoms with Gasteiger partial charge in [-0.2, -0.15) is 10.2 Å². The van der Waals surface area contributed by atoms with Crippen LogP contribution in [-0.2, 0) is 10.0 Å². The summed E-state index contributed by atoms with van der Waals surface area (Å²) in [5.41, 5.74) is 7.60. The Kier molecular flexibility index (Phi) is 6.90. The average Bonchev–Trinajstić information content (AvgIpc) is 3.63. The van der Waals surface area contributed by atoms with Gasteiger partial charge < -0.3 is 4.74 Å². The van der Waals surface area contributed by atoms with Gasteiger partial charge in [0.1, 0.15) is 5.75 Å². The molecule has 1 aromatic heterocycles. The monoisotopic (exact) mass is 563 g/mol. The fourth-order valence-electron chi connectivity index (χ4n) is 5.02. The maximum atomic E-state index is 11.9. The highest BCUT2D eigenvalue weighted by Gasteiger charge is 2.34.